The number of halogens is 1. The number of piperidine rings is 1. The second kappa shape index (κ2) is 6.68. The van der Waals surface area contributed by atoms with Crippen LogP contribution >= 0.6 is 11.6 Å². The van der Waals surface area contributed by atoms with Crippen molar-refractivity contribution in [3.05, 3.63) is 57.9 Å². The molecule has 8 heteroatoms. The minimum atomic E-state index is -0.125. The van der Waals surface area contributed by atoms with Crippen LogP contribution in [0.5, 0.6) is 0 Å². The monoisotopic (exact) mass is 394 g/mol. The quantitative estimate of drug-likeness (QED) is 0.565. The summed E-state index contributed by atoms with van der Waals surface area (Å²) in [4.78, 5) is 22.0. The van der Waals surface area contributed by atoms with E-state index in [2.05, 4.69) is 20.4 Å². The second-order valence-electron chi connectivity index (χ2n) is 7.24. The van der Waals surface area contributed by atoms with E-state index in [1.807, 2.05) is 25.5 Å². The van der Waals surface area contributed by atoms with E-state index in [0.717, 1.165) is 48.1 Å². The Hall–Kier alpha value is -2.77. The molecule has 1 aromatic carbocycles. The highest BCUT2D eigenvalue weighted by molar-refractivity contribution is 6.35. The van der Waals surface area contributed by atoms with Crippen molar-refractivity contribution >= 4 is 28.2 Å². The topological polar surface area (TPSA) is 77.1 Å². The Morgan fingerprint density at radius 1 is 1.18 bits per heavy atom. The van der Waals surface area contributed by atoms with Crippen LogP contribution < -0.4 is 10.9 Å². The van der Waals surface area contributed by atoms with Gasteiger partial charge in [0.15, 0.2) is 5.65 Å². The average molecular weight is 395 g/mol. The third-order valence-corrected chi connectivity index (χ3v) is 5.59. The molecule has 0 radical (unpaired) electrons. The number of hydrogen-bond donors (Lipinski definition) is 1. The van der Waals surface area contributed by atoms with E-state index in [1.54, 1.807) is 27.4 Å². The Kier molecular flexibility index (Phi) is 4.14. The summed E-state index contributed by atoms with van der Waals surface area (Å²) in [5.41, 5.74) is 3.45. The van der Waals surface area contributed by atoms with Gasteiger partial charge in [0.2, 0.25) is 0 Å². The third-order valence-electron chi connectivity index (χ3n) is 5.30. The molecule has 28 heavy (non-hydrogen) atoms. The molecule has 4 aromatic rings. The summed E-state index contributed by atoms with van der Waals surface area (Å²) in [6.45, 7) is 1.96. The molecule has 4 heterocycles. The van der Waals surface area contributed by atoms with Crippen LogP contribution in [0.25, 0.3) is 27.8 Å². The molecule has 0 amide bonds. The zero-order valence-corrected chi connectivity index (χ0v) is 16.1. The van der Waals surface area contributed by atoms with Crippen molar-refractivity contribution in [1.82, 2.24) is 29.5 Å². The lowest BCUT2D eigenvalue weighted by molar-refractivity contribution is 0.452. The van der Waals surface area contributed by atoms with Gasteiger partial charge in [-0.1, -0.05) is 11.6 Å². The summed E-state index contributed by atoms with van der Waals surface area (Å²) in [5.74, 6) is 0.379. The van der Waals surface area contributed by atoms with Gasteiger partial charge in [-0.05, 0) is 38.1 Å². The Morgan fingerprint density at radius 3 is 2.82 bits per heavy atom. The number of benzene rings is 1. The molecular formula is C20H19ClN6O. The predicted octanol–water partition coefficient (Wildman–Crippen LogP) is 2.76. The van der Waals surface area contributed by atoms with Gasteiger partial charge in [0.1, 0.15) is 5.52 Å². The van der Waals surface area contributed by atoms with E-state index in [1.165, 1.54) is 0 Å². The van der Waals surface area contributed by atoms with Gasteiger partial charge in [-0.15, -0.1) is 0 Å². The summed E-state index contributed by atoms with van der Waals surface area (Å²) in [6.07, 6.45) is 7.48. The molecule has 0 saturated carbocycles. The van der Waals surface area contributed by atoms with Crippen LogP contribution in [0.2, 0.25) is 5.02 Å². The summed E-state index contributed by atoms with van der Waals surface area (Å²) in [7, 11) is 1.85. The zero-order valence-electron chi connectivity index (χ0n) is 15.4. The van der Waals surface area contributed by atoms with Gasteiger partial charge in [0, 0.05) is 42.4 Å². The van der Waals surface area contributed by atoms with Crippen LogP contribution in [-0.2, 0) is 7.05 Å². The number of nitrogens with one attached hydrogen (secondary N) is 1. The number of aromatic nitrogens is 5. The highest BCUT2D eigenvalue weighted by Crippen LogP contribution is 2.29. The SMILES string of the molecule is Cn1cc2cc(-c3cc(=O)n4cc(C5CCNCC5)ncc4n3)cc(Cl)c2n1. The fourth-order valence-electron chi connectivity index (χ4n) is 3.86. The second-order valence-corrected chi connectivity index (χ2v) is 7.65. The molecule has 0 aliphatic carbocycles. The van der Waals surface area contributed by atoms with Crippen LogP contribution in [0.15, 0.2) is 41.6 Å². The van der Waals surface area contributed by atoms with Crippen molar-refractivity contribution < 1.29 is 0 Å². The molecule has 0 atom stereocenters. The molecule has 5 rings (SSSR count). The molecule has 1 N–H and O–H groups in total. The molecule has 0 bridgehead atoms. The first-order valence-electron chi connectivity index (χ1n) is 9.32. The normalized spacial score (nSPS) is 15.5. The fraction of sp³-hybridized carbons (Fsp3) is 0.300. The lowest BCUT2D eigenvalue weighted by Gasteiger charge is -2.22. The molecule has 0 spiro atoms. The predicted molar refractivity (Wildman–Crippen MR) is 109 cm³/mol. The van der Waals surface area contributed by atoms with E-state index in [0.29, 0.717) is 22.3 Å². The Balaban J connectivity index is 1.60. The number of fused-ring (bicyclic) bond motifs is 2. The first-order valence-corrected chi connectivity index (χ1v) is 9.69. The van der Waals surface area contributed by atoms with Gasteiger partial charge >= 0.3 is 0 Å². The van der Waals surface area contributed by atoms with Gasteiger partial charge in [-0.3, -0.25) is 18.9 Å². The largest absolute Gasteiger partial charge is 0.317 e. The summed E-state index contributed by atoms with van der Waals surface area (Å²) < 4.78 is 3.30. The van der Waals surface area contributed by atoms with E-state index < -0.39 is 0 Å². The van der Waals surface area contributed by atoms with Gasteiger partial charge < -0.3 is 5.32 Å². The minimum absolute atomic E-state index is 0.125. The number of nitrogens with zero attached hydrogens (tertiary/aromatic N) is 5. The van der Waals surface area contributed by atoms with E-state index in [-0.39, 0.29) is 5.56 Å². The van der Waals surface area contributed by atoms with Crippen molar-refractivity contribution in [1.29, 1.82) is 0 Å². The molecule has 0 unspecified atom stereocenters. The molecule has 7 nitrogen and oxygen atoms in total. The third kappa shape index (κ3) is 2.96. The summed E-state index contributed by atoms with van der Waals surface area (Å²) >= 11 is 6.39. The first kappa shape index (κ1) is 17.3. The Bertz CT molecular complexity index is 1260. The minimum Gasteiger partial charge on any atom is -0.317 e. The standard InChI is InChI=1S/C20H19ClN6O/c1-26-10-14-6-13(7-15(21)20(14)25-26)16-8-19(28)27-11-17(23-9-18(27)24-16)12-2-4-22-5-3-12/h6-12,22H,2-5H2,1H3. The zero-order chi connectivity index (χ0) is 19.3. The van der Waals surface area contributed by atoms with Gasteiger partial charge in [0.05, 0.1) is 22.6 Å². The highest BCUT2D eigenvalue weighted by atomic mass is 35.5. The van der Waals surface area contributed by atoms with E-state index in [9.17, 15) is 4.79 Å². The maximum atomic E-state index is 12.8. The lowest BCUT2D eigenvalue weighted by Crippen LogP contribution is -2.27. The number of aryl methyl sites for hydroxylation is 1. The van der Waals surface area contributed by atoms with Gasteiger partial charge in [0.25, 0.3) is 5.56 Å². The summed E-state index contributed by atoms with van der Waals surface area (Å²) in [6, 6.07) is 5.29. The Labute approximate surface area is 166 Å². The average Bonchev–Trinajstić information content (AvgIpc) is 3.09. The van der Waals surface area contributed by atoms with Crippen molar-refractivity contribution in [3.63, 3.8) is 0 Å². The molecule has 142 valence electrons. The van der Waals surface area contributed by atoms with Gasteiger partial charge in [-0.2, -0.15) is 5.10 Å². The maximum absolute atomic E-state index is 12.8. The van der Waals surface area contributed by atoms with E-state index in [4.69, 9.17) is 11.6 Å². The van der Waals surface area contributed by atoms with Crippen LogP contribution in [0.1, 0.15) is 24.5 Å². The van der Waals surface area contributed by atoms with Crippen molar-refractivity contribution in [2.24, 2.45) is 7.05 Å². The van der Waals surface area contributed by atoms with Gasteiger partial charge in [-0.25, -0.2) is 4.98 Å². The van der Waals surface area contributed by atoms with Crippen molar-refractivity contribution in [2.45, 2.75) is 18.8 Å². The molecule has 1 fully saturated rings. The fourth-order valence-corrected chi connectivity index (χ4v) is 4.13. The molecule has 3 aromatic heterocycles. The van der Waals surface area contributed by atoms with Crippen LogP contribution in [0, 0.1) is 0 Å². The van der Waals surface area contributed by atoms with Crippen LogP contribution in [0.4, 0.5) is 0 Å². The maximum Gasteiger partial charge on any atom is 0.258 e. The summed E-state index contributed by atoms with van der Waals surface area (Å²) in [5, 5.41) is 9.15. The first-order chi connectivity index (χ1) is 13.6. The van der Waals surface area contributed by atoms with Crippen LogP contribution in [-0.4, -0.2) is 37.2 Å². The smallest absolute Gasteiger partial charge is 0.258 e. The number of hydrogen-bond acceptors (Lipinski definition) is 5. The van der Waals surface area contributed by atoms with Crippen molar-refractivity contribution in [3.8, 4) is 11.3 Å². The number of rotatable bonds is 2. The molecule has 1 aliphatic rings. The molecular weight excluding hydrogens is 376 g/mol. The molecule has 1 saturated heterocycles. The van der Waals surface area contributed by atoms with E-state index >= 15 is 0 Å². The van der Waals surface area contributed by atoms with Crippen molar-refractivity contribution in [2.75, 3.05) is 13.1 Å². The Morgan fingerprint density at radius 2 is 2.00 bits per heavy atom. The molecule has 1 aliphatic heterocycles. The van der Waals surface area contributed by atoms with Crippen LogP contribution in [0.3, 0.4) is 0 Å². The lowest BCUT2D eigenvalue weighted by atomic mass is 9.95. The highest BCUT2D eigenvalue weighted by Gasteiger charge is 2.18.